The highest BCUT2D eigenvalue weighted by Crippen LogP contribution is 2.28. The van der Waals surface area contributed by atoms with E-state index in [0.29, 0.717) is 17.7 Å². The van der Waals surface area contributed by atoms with Crippen LogP contribution in [0.4, 0.5) is 4.39 Å². The second-order valence-corrected chi connectivity index (χ2v) is 4.54. The molecule has 0 aromatic heterocycles. The molecule has 3 heteroatoms. The van der Waals surface area contributed by atoms with Gasteiger partial charge in [0.05, 0.1) is 7.11 Å². The van der Waals surface area contributed by atoms with Gasteiger partial charge in [-0.2, -0.15) is 0 Å². The summed E-state index contributed by atoms with van der Waals surface area (Å²) in [6.07, 6.45) is 0.462. The van der Waals surface area contributed by atoms with Crippen LogP contribution >= 0.6 is 0 Å². The van der Waals surface area contributed by atoms with E-state index >= 15 is 0 Å². The van der Waals surface area contributed by atoms with Crippen molar-refractivity contribution in [2.24, 2.45) is 5.73 Å². The largest absolute Gasteiger partial charge is 0.496 e. The van der Waals surface area contributed by atoms with E-state index in [9.17, 15) is 4.39 Å². The van der Waals surface area contributed by atoms with Gasteiger partial charge in [0.15, 0.2) is 0 Å². The average Bonchev–Trinajstić information content (AvgIpc) is 2.10. The molecule has 0 amide bonds. The summed E-state index contributed by atoms with van der Waals surface area (Å²) in [7, 11) is 1.55. The normalized spacial score (nSPS) is 11.6. The summed E-state index contributed by atoms with van der Waals surface area (Å²) in [5.74, 6) is 0.351. The maximum absolute atomic E-state index is 13.6. The minimum Gasteiger partial charge on any atom is -0.496 e. The predicted octanol–water partition coefficient (Wildman–Crippen LogP) is 2.42. The molecule has 15 heavy (non-hydrogen) atoms. The zero-order valence-corrected chi connectivity index (χ0v) is 9.73. The van der Waals surface area contributed by atoms with Gasteiger partial charge < -0.3 is 10.5 Å². The Morgan fingerprint density at radius 1 is 1.40 bits per heavy atom. The molecule has 0 bridgehead atoms. The number of methoxy groups -OCH3 is 1. The SMILES string of the molecule is COc1c(C)ccc(F)c1CC(C)(C)N. The Morgan fingerprint density at radius 3 is 2.47 bits per heavy atom. The monoisotopic (exact) mass is 211 g/mol. The van der Waals surface area contributed by atoms with Crippen LogP contribution in [-0.2, 0) is 6.42 Å². The number of hydrogen-bond acceptors (Lipinski definition) is 2. The second kappa shape index (κ2) is 4.19. The predicted molar refractivity (Wildman–Crippen MR) is 59.7 cm³/mol. The van der Waals surface area contributed by atoms with Crippen molar-refractivity contribution in [3.8, 4) is 5.75 Å². The minimum atomic E-state index is -0.443. The van der Waals surface area contributed by atoms with Gasteiger partial charge in [0.1, 0.15) is 11.6 Å². The number of benzene rings is 1. The Balaban J connectivity index is 3.20. The lowest BCUT2D eigenvalue weighted by Crippen LogP contribution is -2.35. The quantitative estimate of drug-likeness (QED) is 0.833. The van der Waals surface area contributed by atoms with Crippen LogP contribution in [0.15, 0.2) is 12.1 Å². The summed E-state index contributed by atoms with van der Waals surface area (Å²) in [6.45, 7) is 5.63. The Morgan fingerprint density at radius 2 is 2.00 bits per heavy atom. The highest BCUT2D eigenvalue weighted by atomic mass is 19.1. The van der Waals surface area contributed by atoms with Crippen LogP contribution in [0.1, 0.15) is 25.0 Å². The number of aryl methyl sites for hydroxylation is 1. The maximum Gasteiger partial charge on any atom is 0.130 e. The lowest BCUT2D eigenvalue weighted by molar-refractivity contribution is 0.392. The third kappa shape index (κ3) is 2.93. The molecule has 0 atom stereocenters. The molecule has 0 radical (unpaired) electrons. The van der Waals surface area contributed by atoms with Crippen LogP contribution in [0.5, 0.6) is 5.75 Å². The summed E-state index contributed by atoms with van der Waals surface area (Å²) < 4.78 is 18.8. The van der Waals surface area contributed by atoms with Crippen LogP contribution in [0.3, 0.4) is 0 Å². The van der Waals surface area contributed by atoms with E-state index < -0.39 is 5.54 Å². The molecule has 0 aliphatic carbocycles. The van der Waals surface area contributed by atoms with Gasteiger partial charge in [-0.25, -0.2) is 4.39 Å². The third-order valence-corrected chi connectivity index (χ3v) is 2.24. The second-order valence-electron chi connectivity index (χ2n) is 4.54. The Hall–Kier alpha value is -1.09. The number of ether oxygens (including phenoxy) is 1. The van der Waals surface area contributed by atoms with E-state index in [0.717, 1.165) is 5.56 Å². The van der Waals surface area contributed by atoms with Crippen LogP contribution in [0, 0.1) is 12.7 Å². The smallest absolute Gasteiger partial charge is 0.130 e. The summed E-state index contributed by atoms with van der Waals surface area (Å²) in [4.78, 5) is 0. The third-order valence-electron chi connectivity index (χ3n) is 2.24. The molecule has 0 aliphatic rings. The molecular formula is C12H18FNO. The van der Waals surface area contributed by atoms with E-state index in [1.165, 1.54) is 6.07 Å². The van der Waals surface area contributed by atoms with Crippen molar-refractivity contribution in [1.82, 2.24) is 0 Å². The van der Waals surface area contributed by atoms with Crippen LogP contribution in [-0.4, -0.2) is 12.6 Å². The number of nitrogens with two attached hydrogens (primary N) is 1. The molecule has 2 nitrogen and oxygen atoms in total. The Labute approximate surface area is 90.2 Å². The highest BCUT2D eigenvalue weighted by Gasteiger charge is 2.19. The van der Waals surface area contributed by atoms with Gasteiger partial charge in [0, 0.05) is 11.1 Å². The molecule has 0 saturated carbocycles. The Kier molecular flexibility index (Phi) is 3.35. The van der Waals surface area contributed by atoms with Crippen molar-refractivity contribution >= 4 is 0 Å². The number of hydrogen-bond donors (Lipinski definition) is 1. The molecule has 1 aromatic carbocycles. The van der Waals surface area contributed by atoms with Crippen LogP contribution in [0.25, 0.3) is 0 Å². The fourth-order valence-corrected chi connectivity index (χ4v) is 1.63. The van der Waals surface area contributed by atoms with E-state index in [-0.39, 0.29) is 5.82 Å². The molecule has 0 heterocycles. The average molecular weight is 211 g/mol. The number of halogens is 1. The van der Waals surface area contributed by atoms with E-state index in [4.69, 9.17) is 10.5 Å². The summed E-state index contributed by atoms with van der Waals surface area (Å²) in [6, 6.07) is 3.17. The molecule has 1 aromatic rings. The van der Waals surface area contributed by atoms with Crippen LogP contribution in [0.2, 0.25) is 0 Å². The van der Waals surface area contributed by atoms with Gasteiger partial charge in [0.2, 0.25) is 0 Å². The van der Waals surface area contributed by atoms with Gasteiger partial charge in [-0.15, -0.1) is 0 Å². The zero-order valence-electron chi connectivity index (χ0n) is 9.73. The van der Waals surface area contributed by atoms with Crippen molar-refractivity contribution < 1.29 is 9.13 Å². The molecule has 1 rings (SSSR count). The minimum absolute atomic E-state index is 0.254. The summed E-state index contributed by atoms with van der Waals surface area (Å²) >= 11 is 0. The molecule has 0 saturated heterocycles. The zero-order chi connectivity index (χ0) is 11.6. The van der Waals surface area contributed by atoms with Gasteiger partial charge in [0.25, 0.3) is 0 Å². The van der Waals surface area contributed by atoms with Crippen molar-refractivity contribution in [2.75, 3.05) is 7.11 Å². The standard InChI is InChI=1S/C12H18FNO/c1-8-5-6-10(13)9(11(8)15-4)7-12(2,3)14/h5-6H,7,14H2,1-4H3. The topological polar surface area (TPSA) is 35.2 Å². The van der Waals surface area contributed by atoms with Gasteiger partial charge in [-0.1, -0.05) is 6.07 Å². The molecule has 0 unspecified atom stereocenters. The molecular weight excluding hydrogens is 193 g/mol. The molecule has 0 fully saturated rings. The fraction of sp³-hybridized carbons (Fsp3) is 0.500. The van der Waals surface area contributed by atoms with Gasteiger partial charge >= 0.3 is 0 Å². The van der Waals surface area contributed by atoms with Gasteiger partial charge in [-0.3, -0.25) is 0 Å². The first-order valence-electron chi connectivity index (χ1n) is 4.96. The lowest BCUT2D eigenvalue weighted by Gasteiger charge is -2.21. The van der Waals surface area contributed by atoms with E-state index in [2.05, 4.69) is 0 Å². The van der Waals surface area contributed by atoms with Crippen molar-refractivity contribution in [1.29, 1.82) is 0 Å². The molecule has 84 valence electrons. The lowest BCUT2D eigenvalue weighted by atomic mass is 9.94. The molecule has 0 spiro atoms. The first-order valence-corrected chi connectivity index (χ1v) is 4.96. The maximum atomic E-state index is 13.6. The van der Waals surface area contributed by atoms with Gasteiger partial charge in [-0.05, 0) is 38.8 Å². The first kappa shape index (κ1) is 12.0. The van der Waals surface area contributed by atoms with E-state index in [1.807, 2.05) is 20.8 Å². The van der Waals surface area contributed by atoms with Crippen molar-refractivity contribution in [3.05, 3.63) is 29.1 Å². The van der Waals surface area contributed by atoms with E-state index in [1.54, 1.807) is 13.2 Å². The molecule has 2 N–H and O–H groups in total. The molecule has 0 aliphatic heterocycles. The van der Waals surface area contributed by atoms with Crippen LogP contribution < -0.4 is 10.5 Å². The van der Waals surface area contributed by atoms with Crippen molar-refractivity contribution in [2.45, 2.75) is 32.7 Å². The van der Waals surface area contributed by atoms with Crippen molar-refractivity contribution in [3.63, 3.8) is 0 Å². The first-order chi connectivity index (χ1) is 6.85. The Bertz CT molecular complexity index is 355. The fourth-order valence-electron chi connectivity index (χ4n) is 1.63. The number of rotatable bonds is 3. The summed E-state index contributed by atoms with van der Waals surface area (Å²) in [5.41, 5.74) is 6.93. The summed E-state index contributed by atoms with van der Waals surface area (Å²) in [5, 5.41) is 0. The highest BCUT2D eigenvalue weighted by molar-refractivity contribution is 5.42.